The van der Waals surface area contributed by atoms with Crippen LogP contribution in [0.3, 0.4) is 0 Å². The Morgan fingerprint density at radius 1 is 1.00 bits per heavy atom. The highest BCUT2D eigenvalue weighted by molar-refractivity contribution is 6.31. The Morgan fingerprint density at radius 3 is 2.45 bits per heavy atom. The van der Waals surface area contributed by atoms with E-state index in [0.29, 0.717) is 6.54 Å². The van der Waals surface area contributed by atoms with Gasteiger partial charge in [0.05, 0.1) is 20.3 Å². The van der Waals surface area contributed by atoms with Gasteiger partial charge >= 0.3 is 0 Å². The number of nitrogens with zero attached hydrogens (tertiary/aromatic N) is 1. The molecule has 31 heavy (non-hydrogen) atoms. The molecule has 0 amide bonds. The summed E-state index contributed by atoms with van der Waals surface area (Å²) >= 11 is 13.1. The number of hydrogen-bond donors (Lipinski definition) is 0. The molecule has 1 aliphatic heterocycles. The Kier molecular flexibility index (Phi) is 6.86. The average molecular weight is 454 g/mol. The normalized spacial score (nSPS) is 16.6. The molecule has 1 unspecified atom stereocenters. The van der Waals surface area contributed by atoms with E-state index >= 15 is 0 Å². The smallest absolute Gasteiger partial charge is 0.161 e. The molecule has 0 saturated carbocycles. The van der Waals surface area contributed by atoms with Gasteiger partial charge in [0.15, 0.2) is 11.5 Å². The molecule has 5 heteroatoms. The van der Waals surface area contributed by atoms with Gasteiger partial charge in [0.25, 0.3) is 0 Å². The molecular formula is C26H25Cl2NO2. The van der Waals surface area contributed by atoms with Gasteiger partial charge in [0.2, 0.25) is 0 Å². The SMILES string of the molecule is COc1cc2c(cc1OC)C(c1cccc(Cl)c1)N(C/C(Cl)=C/c1ccccc1)CC2. The van der Waals surface area contributed by atoms with E-state index in [2.05, 4.69) is 35.2 Å². The van der Waals surface area contributed by atoms with Crippen LogP contribution < -0.4 is 9.47 Å². The summed E-state index contributed by atoms with van der Waals surface area (Å²) in [7, 11) is 3.33. The first-order valence-corrected chi connectivity index (χ1v) is 11.0. The molecule has 160 valence electrons. The Bertz CT molecular complexity index is 1080. The molecule has 0 radical (unpaired) electrons. The second-order valence-corrected chi connectivity index (χ2v) is 8.51. The van der Waals surface area contributed by atoms with Crippen LogP contribution in [0.5, 0.6) is 11.5 Å². The maximum atomic E-state index is 6.71. The molecule has 0 aromatic heterocycles. The van der Waals surface area contributed by atoms with Gasteiger partial charge < -0.3 is 9.47 Å². The number of fused-ring (bicyclic) bond motifs is 1. The van der Waals surface area contributed by atoms with Crippen LogP contribution in [-0.2, 0) is 6.42 Å². The zero-order valence-electron chi connectivity index (χ0n) is 17.6. The molecule has 3 aromatic carbocycles. The van der Waals surface area contributed by atoms with Crippen LogP contribution in [0.1, 0.15) is 28.3 Å². The highest BCUT2D eigenvalue weighted by atomic mass is 35.5. The summed E-state index contributed by atoms with van der Waals surface area (Å²) in [4.78, 5) is 2.39. The lowest BCUT2D eigenvalue weighted by Gasteiger charge is -2.38. The van der Waals surface area contributed by atoms with Crippen molar-refractivity contribution in [3.8, 4) is 11.5 Å². The first kappa shape index (κ1) is 21.8. The van der Waals surface area contributed by atoms with Crippen molar-refractivity contribution in [2.45, 2.75) is 12.5 Å². The van der Waals surface area contributed by atoms with Crippen LogP contribution in [0.4, 0.5) is 0 Å². The summed E-state index contributed by atoms with van der Waals surface area (Å²) in [6.45, 7) is 1.51. The third-order valence-corrected chi connectivity index (χ3v) is 6.08. The highest BCUT2D eigenvalue weighted by Crippen LogP contribution is 2.41. The van der Waals surface area contributed by atoms with E-state index in [1.54, 1.807) is 14.2 Å². The van der Waals surface area contributed by atoms with Crippen LogP contribution in [0.25, 0.3) is 6.08 Å². The summed E-state index contributed by atoms with van der Waals surface area (Å²) in [5.41, 5.74) is 4.66. The van der Waals surface area contributed by atoms with E-state index in [4.69, 9.17) is 32.7 Å². The van der Waals surface area contributed by atoms with Crippen molar-refractivity contribution < 1.29 is 9.47 Å². The zero-order valence-corrected chi connectivity index (χ0v) is 19.2. The van der Waals surface area contributed by atoms with Crippen molar-refractivity contribution in [1.82, 2.24) is 4.90 Å². The third-order valence-electron chi connectivity index (χ3n) is 5.61. The van der Waals surface area contributed by atoms with E-state index in [9.17, 15) is 0 Å². The molecule has 1 heterocycles. The van der Waals surface area contributed by atoms with E-state index in [1.165, 1.54) is 11.1 Å². The molecule has 1 atom stereocenters. The number of halogens is 2. The monoisotopic (exact) mass is 453 g/mol. The second-order valence-electron chi connectivity index (χ2n) is 7.59. The molecule has 0 fully saturated rings. The van der Waals surface area contributed by atoms with Gasteiger partial charge in [-0.1, -0.05) is 65.7 Å². The highest BCUT2D eigenvalue weighted by Gasteiger charge is 2.30. The maximum absolute atomic E-state index is 6.71. The number of ether oxygens (including phenoxy) is 2. The average Bonchev–Trinajstić information content (AvgIpc) is 2.78. The van der Waals surface area contributed by atoms with Crippen LogP contribution in [0.2, 0.25) is 5.02 Å². The first-order valence-electron chi connectivity index (χ1n) is 10.2. The lowest BCUT2D eigenvalue weighted by Crippen LogP contribution is -2.37. The molecule has 0 saturated heterocycles. The van der Waals surface area contributed by atoms with Crippen molar-refractivity contribution in [3.05, 3.63) is 99.0 Å². The number of methoxy groups -OCH3 is 2. The molecular weight excluding hydrogens is 429 g/mol. The number of rotatable bonds is 6. The fraction of sp³-hybridized carbons (Fsp3) is 0.231. The van der Waals surface area contributed by atoms with Crippen molar-refractivity contribution in [2.24, 2.45) is 0 Å². The predicted molar refractivity (Wildman–Crippen MR) is 128 cm³/mol. The van der Waals surface area contributed by atoms with E-state index in [-0.39, 0.29) is 6.04 Å². The van der Waals surface area contributed by atoms with Crippen molar-refractivity contribution in [3.63, 3.8) is 0 Å². The lowest BCUT2D eigenvalue weighted by atomic mass is 9.87. The van der Waals surface area contributed by atoms with Crippen molar-refractivity contribution in [2.75, 3.05) is 27.3 Å². The van der Waals surface area contributed by atoms with E-state index in [1.807, 2.05) is 42.5 Å². The molecule has 1 aliphatic rings. The third kappa shape index (κ3) is 4.90. The first-order chi connectivity index (χ1) is 15.1. The molecule has 0 N–H and O–H groups in total. The second kappa shape index (κ2) is 9.78. The number of hydrogen-bond acceptors (Lipinski definition) is 3. The zero-order chi connectivity index (χ0) is 21.8. The Balaban J connectivity index is 1.74. The predicted octanol–water partition coefficient (Wildman–Crippen LogP) is 6.58. The van der Waals surface area contributed by atoms with Gasteiger partial charge in [-0.2, -0.15) is 0 Å². The fourth-order valence-corrected chi connectivity index (χ4v) is 4.68. The summed E-state index contributed by atoms with van der Waals surface area (Å²) in [6, 6.07) is 22.4. The van der Waals surface area contributed by atoms with Crippen LogP contribution in [0.15, 0.2) is 71.8 Å². The quantitative estimate of drug-likeness (QED) is 0.420. The Hall–Kier alpha value is -2.46. The van der Waals surface area contributed by atoms with Crippen LogP contribution >= 0.6 is 23.2 Å². The summed E-state index contributed by atoms with van der Waals surface area (Å²) in [5.74, 6) is 1.47. The largest absolute Gasteiger partial charge is 0.493 e. The van der Waals surface area contributed by atoms with Gasteiger partial charge in [-0.05, 0) is 59.0 Å². The fourth-order valence-electron chi connectivity index (χ4n) is 4.20. The van der Waals surface area contributed by atoms with E-state index < -0.39 is 0 Å². The lowest BCUT2D eigenvalue weighted by molar-refractivity contribution is 0.234. The van der Waals surface area contributed by atoms with Gasteiger partial charge in [0, 0.05) is 23.1 Å². The summed E-state index contributed by atoms with van der Waals surface area (Å²) in [5, 5.41) is 1.51. The Morgan fingerprint density at radius 2 is 1.74 bits per heavy atom. The van der Waals surface area contributed by atoms with Crippen molar-refractivity contribution >= 4 is 29.3 Å². The maximum Gasteiger partial charge on any atom is 0.161 e. The topological polar surface area (TPSA) is 21.7 Å². The number of benzene rings is 3. The minimum atomic E-state index is 0.0141. The van der Waals surface area contributed by atoms with Crippen LogP contribution in [0, 0.1) is 0 Å². The van der Waals surface area contributed by atoms with Crippen molar-refractivity contribution in [1.29, 1.82) is 0 Å². The van der Waals surface area contributed by atoms with Gasteiger partial charge in [-0.25, -0.2) is 0 Å². The molecule has 0 aliphatic carbocycles. The molecule has 0 spiro atoms. The van der Waals surface area contributed by atoms with Crippen LogP contribution in [-0.4, -0.2) is 32.2 Å². The minimum absolute atomic E-state index is 0.0141. The summed E-state index contributed by atoms with van der Waals surface area (Å²) < 4.78 is 11.1. The summed E-state index contributed by atoms with van der Waals surface area (Å²) in [6.07, 6.45) is 2.93. The van der Waals surface area contributed by atoms with Gasteiger partial charge in [-0.15, -0.1) is 0 Å². The standard InChI is InChI=1S/C26H25Cl2NO2/c1-30-24-15-19-11-12-29(17-22(28)13-18-7-4-3-5-8-18)26(23(19)16-25(24)31-2)20-9-6-10-21(27)14-20/h3-10,13-16,26H,11-12,17H2,1-2H3/b22-13-. The molecule has 3 aromatic rings. The minimum Gasteiger partial charge on any atom is -0.493 e. The van der Waals surface area contributed by atoms with Gasteiger partial charge in [0.1, 0.15) is 0 Å². The van der Waals surface area contributed by atoms with Gasteiger partial charge in [-0.3, -0.25) is 4.90 Å². The molecule has 3 nitrogen and oxygen atoms in total. The molecule has 0 bridgehead atoms. The van der Waals surface area contributed by atoms with E-state index in [0.717, 1.165) is 45.6 Å². The molecule has 4 rings (SSSR count). The Labute approximate surface area is 193 Å².